The summed E-state index contributed by atoms with van der Waals surface area (Å²) in [6.07, 6.45) is -3.00. The summed E-state index contributed by atoms with van der Waals surface area (Å²) in [4.78, 5) is 9.75. The molecule has 0 bridgehead atoms. The van der Waals surface area contributed by atoms with Crippen LogP contribution >= 0.6 is 0 Å². The van der Waals surface area contributed by atoms with Crippen LogP contribution in [0.4, 0.5) is 40.7 Å². The summed E-state index contributed by atoms with van der Waals surface area (Å²) >= 11 is 0. The number of ether oxygens (including phenoxy) is 1. The number of nitrogens with zero attached hydrogens (tertiary/aromatic N) is 3. The third-order valence-electron chi connectivity index (χ3n) is 6.00. The van der Waals surface area contributed by atoms with E-state index in [0.29, 0.717) is 18.4 Å². The second kappa shape index (κ2) is 10.7. The molecule has 0 unspecified atom stereocenters. The zero-order valence-corrected chi connectivity index (χ0v) is 21.3. The lowest BCUT2D eigenvalue weighted by Crippen LogP contribution is -2.36. The van der Waals surface area contributed by atoms with Crippen molar-refractivity contribution < 1.29 is 30.7 Å². The summed E-state index contributed by atoms with van der Waals surface area (Å²) in [6.45, 7) is 3.02. The minimum absolute atomic E-state index is 0.0663. The van der Waals surface area contributed by atoms with E-state index in [4.69, 9.17) is 9.88 Å². The molecule has 0 amide bonds. The van der Waals surface area contributed by atoms with Gasteiger partial charge in [0, 0.05) is 24.5 Å². The van der Waals surface area contributed by atoms with E-state index in [1.807, 2.05) is 7.05 Å². The topological polar surface area (TPSA) is 122 Å². The minimum Gasteiger partial charge on any atom is -0.490 e. The van der Waals surface area contributed by atoms with E-state index in [-0.39, 0.29) is 34.1 Å². The number of hydrogen-bond acceptors (Lipinski definition) is 8. The fourth-order valence-electron chi connectivity index (χ4n) is 3.98. The lowest BCUT2D eigenvalue weighted by Gasteiger charge is -2.30. The number of aryl methyl sites for hydroxylation is 1. The molecule has 3 aromatic rings. The maximum Gasteiger partial charge on any atom is 0.420 e. The van der Waals surface area contributed by atoms with Crippen molar-refractivity contribution >= 4 is 33.2 Å². The van der Waals surface area contributed by atoms with Gasteiger partial charge in [0.05, 0.1) is 16.7 Å². The molecule has 14 heteroatoms. The standard InChI is InChI=1S/C24H26F4N6O3S/c1-14-3-4-16(12-21(14)38(29,35)36)32-23-30-13-19(25)22(33-23)31-15-5-6-20(18(11-15)24(26,27)28)37-17-7-9-34(2)10-8-17/h3-6,11-13,17H,7-10H2,1-2H3,(H2,29,35,36)(H2,30,31,32,33). The SMILES string of the molecule is Cc1ccc(Nc2ncc(F)c(Nc3ccc(OC4CCN(C)CC4)c(C(F)(F)F)c3)n2)cc1S(N)(=O)=O. The van der Waals surface area contributed by atoms with E-state index in [1.165, 1.54) is 24.3 Å². The molecule has 2 heterocycles. The third kappa shape index (κ3) is 6.68. The number of anilines is 4. The van der Waals surface area contributed by atoms with Crippen LogP contribution in [0.1, 0.15) is 24.0 Å². The Morgan fingerprint density at radius 1 is 1.08 bits per heavy atom. The predicted molar refractivity (Wildman–Crippen MR) is 134 cm³/mol. The van der Waals surface area contributed by atoms with E-state index in [1.54, 1.807) is 13.0 Å². The van der Waals surface area contributed by atoms with Crippen LogP contribution in [0.5, 0.6) is 5.75 Å². The van der Waals surface area contributed by atoms with Crippen molar-refractivity contribution in [3.05, 3.63) is 59.5 Å². The first-order chi connectivity index (χ1) is 17.8. The van der Waals surface area contributed by atoms with Crippen LogP contribution in [0, 0.1) is 12.7 Å². The highest BCUT2D eigenvalue weighted by Crippen LogP contribution is 2.39. The highest BCUT2D eigenvalue weighted by Gasteiger charge is 2.36. The number of aromatic nitrogens is 2. The van der Waals surface area contributed by atoms with Crippen molar-refractivity contribution in [2.75, 3.05) is 30.8 Å². The van der Waals surface area contributed by atoms with Crippen LogP contribution in [-0.4, -0.2) is 49.5 Å². The Morgan fingerprint density at radius 2 is 1.74 bits per heavy atom. The second-order valence-electron chi connectivity index (χ2n) is 8.99. The number of nitrogens with two attached hydrogens (primary N) is 1. The van der Waals surface area contributed by atoms with Gasteiger partial charge < -0.3 is 20.3 Å². The van der Waals surface area contributed by atoms with Gasteiger partial charge in [-0.05, 0) is 62.7 Å². The number of halogens is 4. The average molecular weight is 555 g/mol. The van der Waals surface area contributed by atoms with E-state index in [0.717, 1.165) is 25.4 Å². The van der Waals surface area contributed by atoms with E-state index in [9.17, 15) is 26.0 Å². The maximum absolute atomic E-state index is 14.5. The third-order valence-corrected chi connectivity index (χ3v) is 7.05. The first-order valence-corrected chi connectivity index (χ1v) is 13.1. The monoisotopic (exact) mass is 554 g/mol. The van der Waals surface area contributed by atoms with Crippen LogP contribution in [0.2, 0.25) is 0 Å². The number of primary sulfonamides is 1. The number of rotatable bonds is 7. The second-order valence-corrected chi connectivity index (χ2v) is 10.5. The lowest BCUT2D eigenvalue weighted by atomic mass is 10.1. The van der Waals surface area contributed by atoms with Crippen molar-refractivity contribution in [3.8, 4) is 5.75 Å². The molecule has 0 spiro atoms. The Balaban J connectivity index is 1.57. The summed E-state index contributed by atoms with van der Waals surface area (Å²) in [5.74, 6) is -1.73. The number of hydrogen-bond donors (Lipinski definition) is 3. The van der Waals surface area contributed by atoms with Crippen molar-refractivity contribution in [1.82, 2.24) is 14.9 Å². The zero-order chi connectivity index (χ0) is 27.7. The summed E-state index contributed by atoms with van der Waals surface area (Å²) in [7, 11) is -2.05. The number of alkyl halides is 3. The Labute approximate surface area is 217 Å². The van der Waals surface area contributed by atoms with Gasteiger partial charge in [-0.15, -0.1) is 0 Å². The molecule has 4 rings (SSSR count). The normalized spacial score (nSPS) is 15.3. The molecule has 2 aromatic carbocycles. The van der Waals surface area contributed by atoms with Gasteiger partial charge in [-0.1, -0.05) is 6.07 Å². The van der Waals surface area contributed by atoms with Gasteiger partial charge in [-0.3, -0.25) is 0 Å². The van der Waals surface area contributed by atoms with Crippen molar-refractivity contribution in [3.63, 3.8) is 0 Å². The number of benzene rings is 2. The highest BCUT2D eigenvalue weighted by atomic mass is 32.2. The van der Waals surface area contributed by atoms with Gasteiger partial charge in [0.25, 0.3) is 0 Å². The van der Waals surface area contributed by atoms with Gasteiger partial charge in [0.15, 0.2) is 11.6 Å². The number of sulfonamides is 1. The minimum atomic E-state index is -4.71. The number of nitrogens with one attached hydrogen (secondary N) is 2. The average Bonchev–Trinajstić information content (AvgIpc) is 2.83. The zero-order valence-electron chi connectivity index (χ0n) is 20.5. The van der Waals surface area contributed by atoms with Crippen LogP contribution in [0.3, 0.4) is 0 Å². The molecule has 204 valence electrons. The molecular weight excluding hydrogens is 528 g/mol. The fraction of sp³-hybridized carbons (Fsp3) is 0.333. The fourth-order valence-corrected chi connectivity index (χ4v) is 4.79. The lowest BCUT2D eigenvalue weighted by molar-refractivity contribution is -0.139. The van der Waals surface area contributed by atoms with Gasteiger partial charge in [0.1, 0.15) is 11.9 Å². The molecule has 0 radical (unpaired) electrons. The summed E-state index contributed by atoms with van der Waals surface area (Å²) in [5.41, 5.74) is -0.385. The van der Waals surface area contributed by atoms with Crippen LogP contribution in [0.25, 0.3) is 0 Å². The molecule has 1 aromatic heterocycles. The van der Waals surface area contributed by atoms with E-state index < -0.39 is 33.4 Å². The Hall–Kier alpha value is -3.49. The van der Waals surface area contributed by atoms with Gasteiger partial charge in [-0.2, -0.15) is 18.2 Å². The summed E-state index contributed by atoms with van der Waals surface area (Å²) < 4.78 is 85.2. The molecule has 1 aliphatic rings. The molecule has 9 nitrogen and oxygen atoms in total. The first-order valence-electron chi connectivity index (χ1n) is 11.6. The van der Waals surface area contributed by atoms with Crippen LogP contribution in [-0.2, 0) is 16.2 Å². The van der Waals surface area contributed by atoms with Crippen molar-refractivity contribution in [2.24, 2.45) is 5.14 Å². The molecule has 38 heavy (non-hydrogen) atoms. The van der Waals surface area contributed by atoms with E-state index >= 15 is 0 Å². The first kappa shape index (κ1) is 27.5. The largest absolute Gasteiger partial charge is 0.490 e. The molecule has 1 saturated heterocycles. The van der Waals surface area contributed by atoms with Crippen molar-refractivity contribution in [2.45, 2.75) is 36.9 Å². The molecule has 1 fully saturated rings. The molecule has 4 N–H and O–H groups in total. The Kier molecular flexibility index (Phi) is 7.76. The summed E-state index contributed by atoms with van der Waals surface area (Å²) in [5, 5.41) is 10.5. The number of likely N-dealkylation sites (tertiary alicyclic amines) is 1. The molecule has 0 aliphatic carbocycles. The maximum atomic E-state index is 14.5. The summed E-state index contributed by atoms with van der Waals surface area (Å²) in [6, 6.07) is 7.69. The molecule has 0 saturated carbocycles. The van der Waals surface area contributed by atoms with Gasteiger partial charge in [-0.25, -0.2) is 22.9 Å². The quantitative estimate of drug-likeness (QED) is 0.364. The van der Waals surface area contributed by atoms with E-state index in [2.05, 4.69) is 25.5 Å². The smallest absolute Gasteiger partial charge is 0.420 e. The van der Waals surface area contributed by atoms with Gasteiger partial charge >= 0.3 is 6.18 Å². The predicted octanol–water partition coefficient (Wildman–Crippen LogP) is 4.55. The number of piperidine rings is 1. The van der Waals surface area contributed by atoms with Crippen molar-refractivity contribution in [1.29, 1.82) is 0 Å². The van der Waals surface area contributed by atoms with Crippen LogP contribution < -0.4 is 20.5 Å². The molecular formula is C24H26F4N6O3S. The van der Waals surface area contributed by atoms with Gasteiger partial charge in [0.2, 0.25) is 16.0 Å². The highest BCUT2D eigenvalue weighted by molar-refractivity contribution is 7.89. The Morgan fingerprint density at radius 3 is 2.39 bits per heavy atom. The van der Waals surface area contributed by atoms with Crippen LogP contribution in [0.15, 0.2) is 47.5 Å². The Bertz CT molecular complexity index is 1430. The molecule has 1 aliphatic heterocycles. The molecule has 0 atom stereocenters.